The van der Waals surface area contributed by atoms with E-state index in [-0.39, 0.29) is 12.0 Å². The molecule has 0 radical (unpaired) electrons. The van der Waals surface area contributed by atoms with E-state index in [9.17, 15) is 19.0 Å². The van der Waals surface area contributed by atoms with Crippen LogP contribution in [0.4, 0.5) is 8.78 Å². The first kappa shape index (κ1) is 14.1. The molecule has 1 atom stereocenters. The van der Waals surface area contributed by atoms with E-state index in [0.29, 0.717) is 12.8 Å². The Morgan fingerprint density at radius 2 is 1.65 bits per heavy atom. The number of hydrogen-bond donors (Lipinski definition) is 2. The summed E-state index contributed by atoms with van der Waals surface area (Å²) in [5.74, 6) is -1.39. The van der Waals surface area contributed by atoms with Crippen molar-refractivity contribution >= 4 is 0 Å². The predicted octanol–water partition coefficient (Wildman–Crippen LogP) is 2.42. The van der Waals surface area contributed by atoms with Crippen LogP contribution >= 0.6 is 0 Å². The molecule has 2 nitrogen and oxygen atoms in total. The summed E-state index contributed by atoms with van der Waals surface area (Å²) in [4.78, 5) is 0. The molecule has 0 fully saturated rings. The van der Waals surface area contributed by atoms with Crippen molar-refractivity contribution < 1.29 is 19.0 Å². The summed E-state index contributed by atoms with van der Waals surface area (Å²) in [5.41, 5.74) is -1.48. The van der Waals surface area contributed by atoms with Gasteiger partial charge in [0.1, 0.15) is 11.6 Å². The van der Waals surface area contributed by atoms with Gasteiger partial charge in [-0.2, -0.15) is 0 Å². The lowest BCUT2D eigenvalue weighted by Gasteiger charge is -2.31. The Bertz CT molecular complexity index is 355. The monoisotopic (exact) mass is 244 g/mol. The second-order valence-electron chi connectivity index (χ2n) is 4.23. The van der Waals surface area contributed by atoms with Gasteiger partial charge in [-0.25, -0.2) is 8.78 Å². The molecular weight excluding hydrogens is 226 g/mol. The molecule has 0 heterocycles. The van der Waals surface area contributed by atoms with E-state index in [2.05, 4.69) is 0 Å². The van der Waals surface area contributed by atoms with Crippen LogP contribution in [0.15, 0.2) is 18.2 Å². The van der Waals surface area contributed by atoms with Crippen molar-refractivity contribution in [2.24, 2.45) is 0 Å². The van der Waals surface area contributed by atoms with Crippen LogP contribution in [0.2, 0.25) is 0 Å². The molecule has 0 aliphatic rings. The molecule has 0 aliphatic carbocycles. The third-order valence-corrected chi connectivity index (χ3v) is 3.30. The summed E-state index contributed by atoms with van der Waals surface area (Å²) >= 11 is 0. The Kier molecular flexibility index (Phi) is 4.60. The molecule has 0 aliphatic heterocycles. The number of aliphatic hydroxyl groups is 2. The molecule has 1 unspecified atom stereocenters. The molecule has 1 aromatic carbocycles. The third kappa shape index (κ3) is 3.01. The second-order valence-corrected chi connectivity index (χ2v) is 4.23. The van der Waals surface area contributed by atoms with Crippen LogP contribution in [0.25, 0.3) is 0 Å². The second kappa shape index (κ2) is 5.56. The van der Waals surface area contributed by atoms with Crippen molar-refractivity contribution in [2.45, 2.75) is 44.8 Å². The molecular formula is C13H18F2O2. The molecule has 2 N–H and O–H groups in total. The zero-order chi connectivity index (χ0) is 13.1. The van der Waals surface area contributed by atoms with Crippen molar-refractivity contribution in [1.82, 2.24) is 0 Å². The molecule has 0 saturated carbocycles. The molecule has 0 spiro atoms. The van der Waals surface area contributed by atoms with Crippen LogP contribution < -0.4 is 0 Å². The molecule has 0 aromatic heterocycles. The smallest absolute Gasteiger partial charge is 0.129 e. The fourth-order valence-corrected chi connectivity index (χ4v) is 1.83. The minimum atomic E-state index is -1.30. The van der Waals surface area contributed by atoms with Gasteiger partial charge in [0.2, 0.25) is 0 Å². The highest BCUT2D eigenvalue weighted by molar-refractivity contribution is 5.21. The van der Waals surface area contributed by atoms with Crippen molar-refractivity contribution in [2.75, 3.05) is 0 Å². The van der Waals surface area contributed by atoms with E-state index in [1.165, 1.54) is 6.07 Å². The molecule has 1 rings (SSSR count). The van der Waals surface area contributed by atoms with Crippen molar-refractivity contribution in [3.8, 4) is 0 Å². The van der Waals surface area contributed by atoms with E-state index >= 15 is 0 Å². The fourth-order valence-electron chi connectivity index (χ4n) is 1.83. The highest BCUT2D eigenvalue weighted by Crippen LogP contribution is 2.24. The maximum atomic E-state index is 13.4. The first-order chi connectivity index (χ1) is 7.94. The minimum absolute atomic E-state index is 0.180. The number of hydrogen-bond acceptors (Lipinski definition) is 2. The Balaban J connectivity index is 2.91. The number of benzene rings is 1. The number of rotatable bonds is 5. The normalized spacial score (nSPS) is 13.8. The van der Waals surface area contributed by atoms with Gasteiger partial charge >= 0.3 is 0 Å². The van der Waals surface area contributed by atoms with Gasteiger partial charge in [-0.3, -0.25) is 0 Å². The van der Waals surface area contributed by atoms with Crippen LogP contribution in [0.5, 0.6) is 0 Å². The van der Waals surface area contributed by atoms with Crippen molar-refractivity contribution in [3.05, 3.63) is 35.4 Å². The zero-order valence-electron chi connectivity index (χ0n) is 10.1. The van der Waals surface area contributed by atoms with E-state index in [1.54, 1.807) is 13.8 Å². The summed E-state index contributed by atoms with van der Waals surface area (Å²) in [6.07, 6.45) is -0.734. The average molecular weight is 244 g/mol. The van der Waals surface area contributed by atoms with E-state index < -0.39 is 23.3 Å². The molecule has 17 heavy (non-hydrogen) atoms. The van der Waals surface area contributed by atoms with Crippen molar-refractivity contribution in [1.29, 1.82) is 0 Å². The lowest BCUT2D eigenvalue weighted by Crippen LogP contribution is -2.42. The molecule has 0 bridgehead atoms. The number of aliphatic hydroxyl groups excluding tert-OH is 1. The van der Waals surface area contributed by atoms with Crippen LogP contribution in [-0.2, 0) is 6.42 Å². The molecule has 1 aromatic rings. The first-order valence-electron chi connectivity index (χ1n) is 5.78. The first-order valence-corrected chi connectivity index (χ1v) is 5.78. The summed E-state index contributed by atoms with van der Waals surface area (Å²) in [6, 6.07) is 3.55. The van der Waals surface area contributed by atoms with E-state index in [4.69, 9.17) is 0 Å². The Labute approximate surface area is 99.9 Å². The van der Waals surface area contributed by atoms with Gasteiger partial charge in [0.25, 0.3) is 0 Å². The van der Waals surface area contributed by atoms with Crippen LogP contribution in [0, 0.1) is 11.6 Å². The topological polar surface area (TPSA) is 40.5 Å². The number of halogens is 2. The molecule has 96 valence electrons. The van der Waals surface area contributed by atoms with Gasteiger partial charge in [0.15, 0.2) is 0 Å². The van der Waals surface area contributed by atoms with Gasteiger partial charge in [0.05, 0.1) is 11.7 Å². The largest absolute Gasteiger partial charge is 0.390 e. The summed E-state index contributed by atoms with van der Waals surface area (Å²) in [5, 5.41) is 19.9. The summed E-state index contributed by atoms with van der Waals surface area (Å²) < 4.78 is 26.7. The molecule has 0 saturated heterocycles. The van der Waals surface area contributed by atoms with Gasteiger partial charge in [-0.15, -0.1) is 0 Å². The quantitative estimate of drug-likeness (QED) is 0.835. The van der Waals surface area contributed by atoms with Gasteiger partial charge < -0.3 is 10.2 Å². The summed E-state index contributed by atoms with van der Waals surface area (Å²) in [6.45, 7) is 3.45. The summed E-state index contributed by atoms with van der Waals surface area (Å²) in [7, 11) is 0. The van der Waals surface area contributed by atoms with Gasteiger partial charge in [-0.05, 0) is 25.0 Å². The standard InChI is InChI=1S/C13H18F2O2/c1-3-13(17,4-2)12(16)8-9-10(14)6-5-7-11(9)15/h5-7,12,16-17H,3-4,8H2,1-2H3. The average Bonchev–Trinajstić information content (AvgIpc) is 2.32. The third-order valence-electron chi connectivity index (χ3n) is 3.30. The highest BCUT2D eigenvalue weighted by atomic mass is 19.1. The fraction of sp³-hybridized carbons (Fsp3) is 0.538. The lowest BCUT2D eigenvalue weighted by atomic mass is 9.87. The van der Waals surface area contributed by atoms with Gasteiger partial charge in [0, 0.05) is 12.0 Å². The van der Waals surface area contributed by atoms with Gasteiger partial charge in [-0.1, -0.05) is 19.9 Å². The maximum Gasteiger partial charge on any atom is 0.129 e. The zero-order valence-corrected chi connectivity index (χ0v) is 10.1. The highest BCUT2D eigenvalue weighted by Gasteiger charge is 2.32. The van der Waals surface area contributed by atoms with Crippen LogP contribution in [0.3, 0.4) is 0 Å². The molecule has 0 amide bonds. The van der Waals surface area contributed by atoms with Crippen molar-refractivity contribution in [3.63, 3.8) is 0 Å². The Hall–Kier alpha value is -1.00. The van der Waals surface area contributed by atoms with Crippen LogP contribution in [0.1, 0.15) is 32.3 Å². The lowest BCUT2D eigenvalue weighted by molar-refractivity contribution is -0.0795. The Morgan fingerprint density at radius 1 is 1.18 bits per heavy atom. The van der Waals surface area contributed by atoms with E-state index in [1.807, 2.05) is 0 Å². The SMILES string of the molecule is CCC(O)(CC)C(O)Cc1c(F)cccc1F. The minimum Gasteiger partial charge on any atom is -0.390 e. The Morgan fingerprint density at radius 3 is 2.06 bits per heavy atom. The maximum absolute atomic E-state index is 13.4. The van der Waals surface area contributed by atoms with Crippen LogP contribution in [-0.4, -0.2) is 21.9 Å². The predicted molar refractivity (Wildman–Crippen MR) is 61.6 cm³/mol. The molecule has 4 heteroatoms. The van der Waals surface area contributed by atoms with E-state index in [0.717, 1.165) is 12.1 Å².